The van der Waals surface area contributed by atoms with E-state index in [2.05, 4.69) is 34.3 Å². The van der Waals surface area contributed by atoms with Gasteiger partial charge in [-0.2, -0.15) is 0 Å². The molecule has 0 spiro atoms. The first-order valence-corrected chi connectivity index (χ1v) is 7.04. The molecule has 2 aliphatic heterocycles. The van der Waals surface area contributed by atoms with Crippen molar-refractivity contribution in [1.29, 1.82) is 0 Å². The van der Waals surface area contributed by atoms with Crippen molar-refractivity contribution in [3.63, 3.8) is 0 Å². The van der Waals surface area contributed by atoms with E-state index in [9.17, 15) is 4.79 Å². The van der Waals surface area contributed by atoms with Crippen LogP contribution in [0.2, 0.25) is 0 Å². The minimum atomic E-state index is 0.310. The minimum absolute atomic E-state index is 0.310. The van der Waals surface area contributed by atoms with Crippen LogP contribution in [-0.4, -0.2) is 48.0 Å². The van der Waals surface area contributed by atoms with E-state index < -0.39 is 0 Å². The minimum Gasteiger partial charge on any atom is -0.367 e. The zero-order valence-electron chi connectivity index (χ0n) is 12.1. The van der Waals surface area contributed by atoms with Crippen molar-refractivity contribution in [3.05, 3.63) is 37.2 Å². The second kappa shape index (κ2) is 7.61. The highest BCUT2D eigenvalue weighted by Crippen LogP contribution is 2.08. The van der Waals surface area contributed by atoms with Gasteiger partial charge in [0.25, 0.3) is 0 Å². The van der Waals surface area contributed by atoms with Gasteiger partial charge in [0.15, 0.2) is 0 Å². The van der Waals surface area contributed by atoms with Crippen molar-refractivity contribution in [2.24, 2.45) is 4.99 Å². The number of hydrogen-bond donors (Lipinski definition) is 3. The molecule has 0 aromatic rings. The molecule has 0 aromatic heterocycles. The number of aliphatic imine (C=N–C) groups is 1. The standard InChI is InChI=1S/C14H22N6O/c1-3-7-15-13-11-14(16-8-4-2)18-20(17-13)19-9-5-12(21)6-10-19/h3-4,11,15,17H,1-2,5-10H2,(H,16,18). The van der Waals surface area contributed by atoms with E-state index in [4.69, 9.17) is 0 Å². The van der Waals surface area contributed by atoms with Crippen molar-refractivity contribution in [2.45, 2.75) is 12.8 Å². The van der Waals surface area contributed by atoms with Gasteiger partial charge in [-0.25, -0.2) is 5.01 Å². The first kappa shape index (κ1) is 15.3. The van der Waals surface area contributed by atoms with Crippen molar-refractivity contribution >= 4 is 11.6 Å². The number of hydrazine groups is 3. The summed E-state index contributed by atoms with van der Waals surface area (Å²) in [6.07, 6.45) is 6.55. The Kier molecular flexibility index (Phi) is 5.53. The summed E-state index contributed by atoms with van der Waals surface area (Å²) < 4.78 is 0. The maximum Gasteiger partial charge on any atom is 0.142 e. The number of rotatable bonds is 6. The van der Waals surface area contributed by atoms with Gasteiger partial charge in [-0.15, -0.1) is 13.2 Å². The average Bonchev–Trinajstić information content (AvgIpc) is 2.51. The predicted octanol–water partition coefficient (Wildman–Crippen LogP) is 0.0926. The molecule has 0 amide bonds. The van der Waals surface area contributed by atoms with Gasteiger partial charge in [-0.3, -0.25) is 20.6 Å². The van der Waals surface area contributed by atoms with E-state index in [-0.39, 0.29) is 0 Å². The van der Waals surface area contributed by atoms with Crippen LogP contribution in [-0.2, 0) is 4.79 Å². The molecule has 3 N–H and O–H groups in total. The number of nitrogens with zero attached hydrogens (tertiary/aromatic N) is 3. The van der Waals surface area contributed by atoms with Crippen LogP contribution >= 0.6 is 0 Å². The Balaban J connectivity index is 2.05. The first-order valence-electron chi connectivity index (χ1n) is 7.04. The van der Waals surface area contributed by atoms with E-state index in [0.717, 1.165) is 11.7 Å². The van der Waals surface area contributed by atoms with Gasteiger partial charge in [0.2, 0.25) is 0 Å². The molecule has 21 heavy (non-hydrogen) atoms. The highest BCUT2D eigenvalue weighted by molar-refractivity contribution is 5.93. The number of carbonyl (C=O) groups is 1. The highest BCUT2D eigenvalue weighted by Gasteiger charge is 2.25. The van der Waals surface area contributed by atoms with Crippen molar-refractivity contribution < 1.29 is 4.79 Å². The van der Waals surface area contributed by atoms with Gasteiger partial charge in [-0.05, 0) is 0 Å². The molecule has 0 unspecified atom stereocenters. The molecule has 1 fully saturated rings. The lowest BCUT2D eigenvalue weighted by molar-refractivity contribution is -0.135. The van der Waals surface area contributed by atoms with E-state index in [1.807, 2.05) is 11.1 Å². The maximum atomic E-state index is 11.3. The number of carbonyl (C=O) groups excluding carboxylic acids is 1. The third kappa shape index (κ3) is 4.44. The van der Waals surface area contributed by atoms with Crippen LogP contribution in [0.3, 0.4) is 0 Å². The average molecular weight is 290 g/mol. The molecule has 0 radical (unpaired) electrons. The fraction of sp³-hybridized carbons (Fsp3) is 0.429. The van der Waals surface area contributed by atoms with Gasteiger partial charge in [0.1, 0.15) is 17.4 Å². The lowest BCUT2D eigenvalue weighted by Gasteiger charge is -2.40. The molecule has 0 aromatic carbocycles. The van der Waals surface area contributed by atoms with E-state index in [1.54, 1.807) is 17.4 Å². The largest absolute Gasteiger partial charge is 0.367 e. The SMILES string of the molecule is C=CCN=C1C=C(NCC=C)NN(N2CCC(=O)CC2)N1. The molecule has 7 nitrogen and oxygen atoms in total. The first-order chi connectivity index (χ1) is 10.2. The second-order valence-corrected chi connectivity index (χ2v) is 4.77. The molecule has 0 aliphatic carbocycles. The van der Waals surface area contributed by atoms with E-state index in [1.165, 1.54) is 0 Å². The molecule has 0 bridgehead atoms. The summed E-state index contributed by atoms with van der Waals surface area (Å²) in [7, 11) is 0. The molecule has 2 rings (SSSR count). The lowest BCUT2D eigenvalue weighted by atomic mass is 10.1. The van der Waals surface area contributed by atoms with Crippen LogP contribution in [0.15, 0.2) is 42.2 Å². The Morgan fingerprint density at radius 1 is 1.29 bits per heavy atom. The summed E-state index contributed by atoms with van der Waals surface area (Å²) in [5.41, 5.74) is 6.39. The maximum absolute atomic E-state index is 11.3. The van der Waals surface area contributed by atoms with E-state index in [0.29, 0.717) is 44.8 Å². The Bertz CT molecular complexity index is 460. The normalized spacial score (nSPS) is 22.2. The summed E-state index contributed by atoms with van der Waals surface area (Å²) >= 11 is 0. The van der Waals surface area contributed by atoms with Crippen LogP contribution in [0.25, 0.3) is 0 Å². The highest BCUT2D eigenvalue weighted by atomic mass is 16.1. The summed E-state index contributed by atoms with van der Waals surface area (Å²) in [6, 6.07) is 0. The Hall–Kier alpha value is -2.12. The summed E-state index contributed by atoms with van der Waals surface area (Å²) in [5, 5.41) is 7.03. The Morgan fingerprint density at radius 2 is 2.05 bits per heavy atom. The molecule has 1 saturated heterocycles. The second-order valence-electron chi connectivity index (χ2n) is 4.77. The molecular formula is C14H22N6O. The van der Waals surface area contributed by atoms with Crippen LogP contribution in [0.5, 0.6) is 0 Å². The van der Waals surface area contributed by atoms with Gasteiger partial charge in [0, 0.05) is 38.6 Å². The molecule has 2 heterocycles. The molecule has 0 atom stereocenters. The van der Waals surface area contributed by atoms with Crippen LogP contribution < -0.4 is 16.2 Å². The number of hydrogen-bond acceptors (Lipinski definition) is 6. The summed E-state index contributed by atoms with van der Waals surface area (Å²) in [5.74, 6) is 1.87. The number of nitrogens with one attached hydrogen (secondary N) is 3. The Morgan fingerprint density at radius 3 is 2.71 bits per heavy atom. The number of piperidine rings is 1. The third-order valence-electron chi connectivity index (χ3n) is 3.14. The fourth-order valence-electron chi connectivity index (χ4n) is 2.05. The number of ketones is 1. The zero-order valence-corrected chi connectivity index (χ0v) is 12.1. The van der Waals surface area contributed by atoms with Crippen molar-refractivity contribution in [3.8, 4) is 0 Å². The van der Waals surface area contributed by atoms with Crippen LogP contribution in [0.4, 0.5) is 0 Å². The number of Topliss-reactive ketones (excluding diaryl/α,β-unsaturated/α-hetero) is 1. The van der Waals surface area contributed by atoms with Crippen LogP contribution in [0.1, 0.15) is 12.8 Å². The Labute approximate surface area is 125 Å². The monoisotopic (exact) mass is 290 g/mol. The molecule has 2 aliphatic rings. The van der Waals surface area contributed by atoms with Crippen LogP contribution in [0, 0.1) is 0 Å². The molecule has 7 heteroatoms. The van der Waals surface area contributed by atoms with Crippen molar-refractivity contribution in [2.75, 3.05) is 26.2 Å². The van der Waals surface area contributed by atoms with Gasteiger partial charge in [0.05, 0.1) is 6.54 Å². The number of amidine groups is 1. The predicted molar refractivity (Wildman–Crippen MR) is 82.7 cm³/mol. The lowest BCUT2D eigenvalue weighted by Crippen LogP contribution is -2.64. The van der Waals surface area contributed by atoms with E-state index >= 15 is 0 Å². The summed E-state index contributed by atoms with van der Waals surface area (Å²) in [4.78, 5) is 15.7. The van der Waals surface area contributed by atoms with Gasteiger partial charge in [-0.1, -0.05) is 17.4 Å². The molecule has 0 saturated carbocycles. The fourth-order valence-corrected chi connectivity index (χ4v) is 2.05. The molecular weight excluding hydrogens is 268 g/mol. The summed E-state index contributed by atoms with van der Waals surface area (Å²) in [6.45, 7) is 9.92. The quantitative estimate of drug-likeness (QED) is 0.602. The van der Waals surface area contributed by atoms with Gasteiger partial charge < -0.3 is 5.32 Å². The van der Waals surface area contributed by atoms with Gasteiger partial charge >= 0.3 is 0 Å². The smallest absolute Gasteiger partial charge is 0.142 e. The molecule has 114 valence electrons. The topological polar surface area (TPSA) is 72.0 Å². The zero-order chi connectivity index (χ0) is 15.1. The van der Waals surface area contributed by atoms with Crippen molar-refractivity contribution in [1.82, 2.24) is 26.4 Å². The third-order valence-corrected chi connectivity index (χ3v) is 3.14.